The molecule has 3 aromatic rings. The first kappa shape index (κ1) is 31.6. The SMILES string of the molecule is CCc1ccccc1N(CC(=O)N(Cc1ccccc1Cl)C(CC)C(=O)NC1CCCC1)S(=O)(=O)c1ccc(C)cc1. The Hall–Kier alpha value is -3.36. The maximum Gasteiger partial charge on any atom is 0.264 e. The van der Waals surface area contributed by atoms with Crippen LogP contribution in [0.3, 0.4) is 0 Å². The van der Waals surface area contributed by atoms with Gasteiger partial charge >= 0.3 is 0 Å². The number of nitrogens with zero attached hydrogens (tertiary/aromatic N) is 2. The molecule has 0 aromatic heterocycles. The van der Waals surface area contributed by atoms with Gasteiger partial charge in [-0.25, -0.2) is 8.42 Å². The number of halogens is 1. The molecule has 1 unspecified atom stereocenters. The van der Waals surface area contributed by atoms with Crippen molar-refractivity contribution in [2.24, 2.45) is 0 Å². The van der Waals surface area contributed by atoms with Gasteiger partial charge in [-0.15, -0.1) is 0 Å². The van der Waals surface area contributed by atoms with E-state index >= 15 is 0 Å². The van der Waals surface area contributed by atoms with Crippen LogP contribution in [0.4, 0.5) is 5.69 Å². The Morgan fingerprint density at radius 3 is 2.17 bits per heavy atom. The summed E-state index contributed by atoms with van der Waals surface area (Å²) in [4.78, 5) is 29.5. The van der Waals surface area contributed by atoms with Crippen molar-refractivity contribution in [3.05, 3.63) is 94.5 Å². The average Bonchev–Trinajstić information content (AvgIpc) is 3.49. The molecule has 1 aliphatic carbocycles. The zero-order valence-corrected chi connectivity index (χ0v) is 26.1. The molecule has 0 radical (unpaired) electrons. The third-order valence-electron chi connectivity index (χ3n) is 7.92. The largest absolute Gasteiger partial charge is 0.352 e. The van der Waals surface area contributed by atoms with Crippen LogP contribution >= 0.6 is 11.6 Å². The maximum absolute atomic E-state index is 14.3. The number of hydrogen-bond donors (Lipinski definition) is 1. The molecule has 1 N–H and O–H groups in total. The Morgan fingerprint density at radius 1 is 0.929 bits per heavy atom. The predicted octanol–water partition coefficient (Wildman–Crippen LogP) is 6.27. The molecule has 0 saturated heterocycles. The smallest absolute Gasteiger partial charge is 0.264 e. The summed E-state index contributed by atoms with van der Waals surface area (Å²) < 4.78 is 29.5. The van der Waals surface area contributed by atoms with Crippen molar-refractivity contribution >= 4 is 39.1 Å². The molecule has 9 heteroatoms. The lowest BCUT2D eigenvalue weighted by Gasteiger charge is -2.34. The van der Waals surface area contributed by atoms with Crippen molar-refractivity contribution in [1.29, 1.82) is 0 Å². The van der Waals surface area contributed by atoms with Crippen LogP contribution in [0.1, 0.15) is 62.6 Å². The standard InChI is InChI=1S/C33H40ClN3O4S/c1-4-25-12-7-11-17-31(25)37(42(40,41)28-20-18-24(3)19-21-28)23-32(38)36(22-26-13-6-10-16-29(26)34)30(5-2)33(39)35-27-14-8-9-15-27/h6-7,10-13,16-21,27,30H,4-5,8-9,14-15,22-23H2,1-3H3,(H,35,39). The van der Waals surface area contributed by atoms with Gasteiger partial charge in [-0.1, -0.05) is 92.4 Å². The molecule has 0 heterocycles. The molecular weight excluding hydrogens is 570 g/mol. The third-order valence-corrected chi connectivity index (χ3v) is 10.1. The minimum absolute atomic E-state index is 0.0724. The fraction of sp³-hybridized carbons (Fsp3) is 0.394. The van der Waals surface area contributed by atoms with Gasteiger partial charge < -0.3 is 10.2 Å². The second-order valence-corrected chi connectivity index (χ2v) is 13.1. The third kappa shape index (κ3) is 7.34. The van der Waals surface area contributed by atoms with E-state index in [1.807, 2.05) is 45.0 Å². The van der Waals surface area contributed by atoms with Gasteiger partial charge in [0.15, 0.2) is 0 Å². The minimum Gasteiger partial charge on any atom is -0.352 e. The number of anilines is 1. The quantitative estimate of drug-likeness (QED) is 0.262. The fourth-order valence-electron chi connectivity index (χ4n) is 5.50. The molecule has 42 heavy (non-hydrogen) atoms. The molecule has 3 aromatic carbocycles. The van der Waals surface area contributed by atoms with E-state index in [0.717, 1.165) is 36.8 Å². The molecule has 0 aliphatic heterocycles. The van der Waals surface area contributed by atoms with E-state index in [9.17, 15) is 18.0 Å². The van der Waals surface area contributed by atoms with Crippen LogP contribution in [0, 0.1) is 6.92 Å². The van der Waals surface area contributed by atoms with Crippen LogP contribution in [0.5, 0.6) is 0 Å². The number of rotatable bonds is 12. The molecule has 0 spiro atoms. The van der Waals surface area contributed by atoms with Crippen LogP contribution in [-0.4, -0.2) is 43.8 Å². The first-order valence-corrected chi connectivity index (χ1v) is 16.5. The second kappa shape index (κ2) is 14.2. The summed E-state index contributed by atoms with van der Waals surface area (Å²) in [7, 11) is -4.13. The van der Waals surface area contributed by atoms with Crippen molar-refractivity contribution in [3.63, 3.8) is 0 Å². The fourth-order valence-corrected chi connectivity index (χ4v) is 7.15. The molecule has 4 rings (SSSR count). The molecule has 1 fully saturated rings. The molecule has 0 bridgehead atoms. The highest BCUT2D eigenvalue weighted by molar-refractivity contribution is 7.92. The van der Waals surface area contributed by atoms with Crippen molar-refractivity contribution in [1.82, 2.24) is 10.2 Å². The molecule has 7 nitrogen and oxygen atoms in total. The average molecular weight is 610 g/mol. The summed E-state index contributed by atoms with van der Waals surface area (Å²) >= 11 is 6.50. The highest BCUT2D eigenvalue weighted by Gasteiger charge is 2.35. The van der Waals surface area contributed by atoms with Crippen LogP contribution in [0.15, 0.2) is 77.7 Å². The minimum atomic E-state index is -4.13. The predicted molar refractivity (Wildman–Crippen MR) is 168 cm³/mol. The summed E-state index contributed by atoms with van der Waals surface area (Å²) in [6.45, 7) is 5.30. The molecule has 2 amide bonds. The van der Waals surface area contributed by atoms with Crippen LogP contribution in [0.25, 0.3) is 0 Å². The Bertz CT molecular complexity index is 1490. The van der Waals surface area contributed by atoms with E-state index in [2.05, 4.69) is 5.32 Å². The zero-order valence-electron chi connectivity index (χ0n) is 24.6. The number of amides is 2. The summed E-state index contributed by atoms with van der Waals surface area (Å²) in [6.07, 6.45) is 4.90. The number of nitrogens with one attached hydrogen (secondary N) is 1. The summed E-state index contributed by atoms with van der Waals surface area (Å²) in [5.74, 6) is -0.711. The summed E-state index contributed by atoms with van der Waals surface area (Å²) in [5, 5.41) is 3.61. The molecule has 1 atom stereocenters. The lowest BCUT2D eigenvalue weighted by atomic mass is 10.1. The lowest BCUT2D eigenvalue weighted by Crippen LogP contribution is -2.53. The highest BCUT2D eigenvalue weighted by Crippen LogP contribution is 2.29. The number of carbonyl (C=O) groups is 2. The van der Waals surface area contributed by atoms with Crippen molar-refractivity contribution in [3.8, 4) is 0 Å². The van der Waals surface area contributed by atoms with Crippen molar-refractivity contribution in [2.75, 3.05) is 10.8 Å². The highest BCUT2D eigenvalue weighted by atomic mass is 35.5. The Kier molecular flexibility index (Phi) is 10.7. The van der Waals surface area contributed by atoms with Gasteiger partial charge in [0.25, 0.3) is 10.0 Å². The van der Waals surface area contributed by atoms with Gasteiger partial charge in [0.2, 0.25) is 11.8 Å². The van der Waals surface area contributed by atoms with Crippen LogP contribution in [-0.2, 0) is 32.6 Å². The molecule has 224 valence electrons. The Balaban J connectivity index is 1.75. The first-order valence-electron chi connectivity index (χ1n) is 14.7. The number of carbonyl (C=O) groups excluding carboxylic acids is 2. The van der Waals surface area contributed by atoms with Gasteiger partial charge in [0, 0.05) is 17.6 Å². The Labute approximate surface area is 254 Å². The van der Waals surface area contributed by atoms with E-state index in [1.54, 1.807) is 48.5 Å². The van der Waals surface area contributed by atoms with Crippen molar-refractivity contribution in [2.45, 2.75) is 82.8 Å². The normalized spacial score (nSPS) is 14.4. The number of para-hydroxylation sites is 1. The van der Waals surface area contributed by atoms with Crippen LogP contribution in [0.2, 0.25) is 5.02 Å². The van der Waals surface area contributed by atoms with Gasteiger partial charge in [0.05, 0.1) is 10.6 Å². The second-order valence-electron chi connectivity index (χ2n) is 10.8. The van der Waals surface area contributed by atoms with E-state index in [0.29, 0.717) is 29.1 Å². The maximum atomic E-state index is 14.3. The monoisotopic (exact) mass is 609 g/mol. The van der Waals surface area contributed by atoms with Gasteiger partial charge in [-0.2, -0.15) is 0 Å². The summed E-state index contributed by atoms with van der Waals surface area (Å²) in [6, 6.07) is 20.3. The lowest BCUT2D eigenvalue weighted by molar-refractivity contribution is -0.140. The van der Waals surface area contributed by atoms with Gasteiger partial charge in [-0.3, -0.25) is 13.9 Å². The number of hydrogen-bond acceptors (Lipinski definition) is 4. The van der Waals surface area contributed by atoms with Gasteiger partial charge in [0.1, 0.15) is 12.6 Å². The van der Waals surface area contributed by atoms with Crippen LogP contribution < -0.4 is 9.62 Å². The van der Waals surface area contributed by atoms with Crippen molar-refractivity contribution < 1.29 is 18.0 Å². The van der Waals surface area contributed by atoms with E-state index in [1.165, 1.54) is 9.21 Å². The number of sulfonamides is 1. The van der Waals surface area contributed by atoms with E-state index < -0.39 is 28.5 Å². The first-order chi connectivity index (χ1) is 20.1. The van der Waals surface area contributed by atoms with E-state index in [4.69, 9.17) is 11.6 Å². The zero-order chi connectivity index (χ0) is 30.3. The molecule has 1 saturated carbocycles. The number of aryl methyl sites for hydroxylation is 2. The topological polar surface area (TPSA) is 86.8 Å². The number of benzene rings is 3. The Morgan fingerprint density at radius 2 is 1.55 bits per heavy atom. The van der Waals surface area contributed by atoms with E-state index in [-0.39, 0.29) is 23.4 Å². The summed E-state index contributed by atoms with van der Waals surface area (Å²) in [5.41, 5.74) is 2.84. The molecule has 1 aliphatic rings. The van der Waals surface area contributed by atoms with Gasteiger partial charge in [-0.05, 0) is 68.0 Å². The molecular formula is C33H40ClN3O4S.